The molecule has 1 aromatic rings. The average molecular weight is 255 g/mol. The van der Waals surface area contributed by atoms with Crippen LogP contribution in [0.2, 0.25) is 0 Å². The number of ether oxygens (including phenoxy) is 2. The lowest BCUT2D eigenvalue weighted by Crippen LogP contribution is -2.25. The summed E-state index contributed by atoms with van der Waals surface area (Å²) in [5.74, 6) is -0.0149. The first-order valence-corrected chi connectivity index (χ1v) is 6.50. The molecule has 0 spiro atoms. The highest BCUT2D eigenvalue weighted by Crippen LogP contribution is 2.14. The van der Waals surface area contributed by atoms with E-state index in [0.717, 1.165) is 26.0 Å². The molecule has 3 nitrogen and oxygen atoms in total. The molecule has 0 aliphatic heterocycles. The molecule has 0 aliphatic carbocycles. The Morgan fingerprint density at radius 1 is 1.11 bits per heavy atom. The summed E-state index contributed by atoms with van der Waals surface area (Å²) in [6, 6.07) is 6.43. The number of benzene rings is 1. The van der Waals surface area contributed by atoms with Crippen LogP contribution in [-0.2, 0) is 4.74 Å². The summed E-state index contributed by atoms with van der Waals surface area (Å²) in [7, 11) is 0. The molecule has 0 aliphatic rings. The van der Waals surface area contributed by atoms with Crippen molar-refractivity contribution in [2.75, 3.05) is 32.9 Å². The fourth-order valence-electron chi connectivity index (χ4n) is 1.41. The summed E-state index contributed by atoms with van der Waals surface area (Å²) in [5, 5.41) is 3.18. The summed E-state index contributed by atoms with van der Waals surface area (Å²) < 4.78 is 23.9. The van der Waals surface area contributed by atoms with E-state index in [1.165, 1.54) is 6.07 Å². The van der Waals surface area contributed by atoms with E-state index >= 15 is 0 Å². The maximum absolute atomic E-state index is 13.2. The Kier molecular flexibility index (Phi) is 8.17. The molecule has 0 saturated carbocycles. The van der Waals surface area contributed by atoms with E-state index in [4.69, 9.17) is 9.47 Å². The molecule has 1 N–H and O–H groups in total. The zero-order valence-electron chi connectivity index (χ0n) is 11.0. The van der Waals surface area contributed by atoms with Gasteiger partial charge in [0.1, 0.15) is 6.61 Å². The van der Waals surface area contributed by atoms with E-state index in [0.29, 0.717) is 25.5 Å². The monoisotopic (exact) mass is 255 g/mol. The maximum Gasteiger partial charge on any atom is 0.165 e. The van der Waals surface area contributed by atoms with Crippen LogP contribution in [0.25, 0.3) is 0 Å². The van der Waals surface area contributed by atoms with Crippen LogP contribution >= 0.6 is 0 Å². The Morgan fingerprint density at radius 2 is 1.89 bits per heavy atom. The highest BCUT2D eigenvalue weighted by molar-refractivity contribution is 5.23. The molecule has 0 fully saturated rings. The molecule has 0 amide bonds. The van der Waals surface area contributed by atoms with Gasteiger partial charge in [-0.15, -0.1) is 0 Å². The van der Waals surface area contributed by atoms with Crippen LogP contribution in [0.5, 0.6) is 5.75 Å². The van der Waals surface area contributed by atoms with E-state index in [1.807, 2.05) is 0 Å². The first-order chi connectivity index (χ1) is 8.84. The lowest BCUT2D eigenvalue weighted by molar-refractivity contribution is 0.132. The lowest BCUT2D eigenvalue weighted by Gasteiger charge is -2.08. The first kappa shape index (κ1) is 14.9. The van der Waals surface area contributed by atoms with Crippen LogP contribution in [0.3, 0.4) is 0 Å². The van der Waals surface area contributed by atoms with Gasteiger partial charge >= 0.3 is 0 Å². The van der Waals surface area contributed by atoms with Crippen molar-refractivity contribution in [1.29, 1.82) is 0 Å². The van der Waals surface area contributed by atoms with Crippen LogP contribution in [0.4, 0.5) is 4.39 Å². The molecule has 1 aromatic carbocycles. The molecule has 0 unspecified atom stereocenters. The second-order valence-corrected chi connectivity index (χ2v) is 3.99. The van der Waals surface area contributed by atoms with Gasteiger partial charge in [0.25, 0.3) is 0 Å². The minimum atomic E-state index is -0.319. The van der Waals surface area contributed by atoms with Gasteiger partial charge in [-0.25, -0.2) is 4.39 Å². The lowest BCUT2D eigenvalue weighted by atomic mass is 10.3. The second kappa shape index (κ2) is 9.85. The zero-order valence-corrected chi connectivity index (χ0v) is 11.0. The van der Waals surface area contributed by atoms with Gasteiger partial charge in [0.05, 0.1) is 6.61 Å². The SMILES string of the molecule is CCCCOCCNCCOc1ccccc1F. The molecule has 0 radical (unpaired) electrons. The van der Waals surface area contributed by atoms with Gasteiger partial charge in [0, 0.05) is 19.7 Å². The van der Waals surface area contributed by atoms with E-state index < -0.39 is 0 Å². The van der Waals surface area contributed by atoms with Gasteiger partial charge in [-0.2, -0.15) is 0 Å². The molecular formula is C14H22FNO2. The van der Waals surface area contributed by atoms with Crippen LogP contribution in [-0.4, -0.2) is 32.9 Å². The molecule has 4 heteroatoms. The minimum absolute atomic E-state index is 0.304. The Bertz CT molecular complexity index is 320. The van der Waals surface area contributed by atoms with Gasteiger partial charge in [0.15, 0.2) is 11.6 Å². The van der Waals surface area contributed by atoms with E-state index in [9.17, 15) is 4.39 Å². The molecular weight excluding hydrogens is 233 g/mol. The van der Waals surface area contributed by atoms with E-state index in [-0.39, 0.29) is 5.82 Å². The molecule has 0 bridgehead atoms. The highest BCUT2D eigenvalue weighted by Gasteiger charge is 1.99. The molecule has 0 saturated heterocycles. The van der Waals surface area contributed by atoms with Gasteiger partial charge < -0.3 is 14.8 Å². The Morgan fingerprint density at radius 3 is 2.67 bits per heavy atom. The molecule has 0 aromatic heterocycles. The fourth-order valence-corrected chi connectivity index (χ4v) is 1.41. The standard InChI is InChI=1S/C14H22FNO2/c1-2-3-10-17-11-8-16-9-12-18-14-7-5-4-6-13(14)15/h4-7,16H,2-3,8-12H2,1H3. The minimum Gasteiger partial charge on any atom is -0.489 e. The second-order valence-electron chi connectivity index (χ2n) is 3.99. The summed E-state index contributed by atoms with van der Waals surface area (Å²) in [6.07, 6.45) is 2.26. The van der Waals surface area contributed by atoms with Crippen molar-refractivity contribution in [3.05, 3.63) is 30.1 Å². The normalized spacial score (nSPS) is 10.6. The fraction of sp³-hybridized carbons (Fsp3) is 0.571. The van der Waals surface area contributed by atoms with Crippen molar-refractivity contribution in [3.8, 4) is 5.75 Å². The maximum atomic E-state index is 13.2. The quantitative estimate of drug-likeness (QED) is 0.652. The topological polar surface area (TPSA) is 30.5 Å². The Balaban J connectivity index is 1.94. The summed E-state index contributed by atoms with van der Waals surface area (Å²) in [4.78, 5) is 0. The molecule has 18 heavy (non-hydrogen) atoms. The van der Waals surface area contributed by atoms with Gasteiger partial charge in [-0.3, -0.25) is 0 Å². The third-order valence-corrected chi connectivity index (χ3v) is 2.44. The van der Waals surface area contributed by atoms with Gasteiger partial charge in [-0.1, -0.05) is 25.5 Å². The summed E-state index contributed by atoms with van der Waals surface area (Å²) in [6.45, 7) is 5.61. The first-order valence-electron chi connectivity index (χ1n) is 6.50. The van der Waals surface area contributed by atoms with Crippen molar-refractivity contribution in [2.45, 2.75) is 19.8 Å². The van der Waals surface area contributed by atoms with Gasteiger partial charge in [-0.05, 0) is 18.6 Å². The third kappa shape index (κ3) is 6.57. The van der Waals surface area contributed by atoms with Crippen LogP contribution in [0, 0.1) is 5.82 Å². The number of hydrogen-bond donors (Lipinski definition) is 1. The molecule has 102 valence electrons. The number of nitrogens with one attached hydrogen (secondary N) is 1. The Labute approximate surface area is 108 Å². The number of para-hydroxylation sites is 1. The molecule has 0 heterocycles. The van der Waals surface area contributed by atoms with E-state index in [2.05, 4.69) is 12.2 Å². The number of halogens is 1. The predicted molar refractivity (Wildman–Crippen MR) is 70.5 cm³/mol. The van der Waals surface area contributed by atoms with Crippen molar-refractivity contribution in [3.63, 3.8) is 0 Å². The highest BCUT2D eigenvalue weighted by atomic mass is 19.1. The van der Waals surface area contributed by atoms with Crippen molar-refractivity contribution < 1.29 is 13.9 Å². The number of rotatable bonds is 10. The predicted octanol–water partition coefficient (Wildman–Crippen LogP) is 2.61. The summed E-state index contributed by atoms with van der Waals surface area (Å²) >= 11 is 0. The van der Waals surface area contributed by atoms with Crippen molar-refractivity contribution in [2.24, 2.45) is 0 Å². The third-order valence-electron chi connectivity index (χ3n) is 2.44. The molecule has 1 rings (SSSR count). The zero-order chi connectivity index (χ0) is 13.1. The summed E-state index contributed by atoms with van der Waals surface area (Å²) in [5.41, 5.74) is 0. The van der Waals surface area contributed by atoms with Crippen molar-refractivity contribution in [1.82, 2.24) is 5.32 Å². The average Bonchev–Trinajstić information content (AvgIpc) is 2.39. The number of unbranched alkanes of at least 4 members (excludes halogenated alkanes) is 1. The largest absolute Gasteiger partial charge is 0.489 e. The smallest absolute Gasteiger partial charge is 0.165 e. The van der Waals surface area contributed by atoms with E-state index in [1.54, 1.807) is 18.2 Å². The van der Waals surface area contributed by atoms with Crippen LogP contribution < -0.4 is 10.1 Å². The van der Waals surface area contributed by atoms with Crippen LogP contribution in [0.1, 0.15) is 19.8 Å². The van der Waals surface area contributed by atoms with Crippen molar-refractivity contribution >= 4 is 0 Å². The number of hydrogen-bond acceptors (Lipinski definition) is 3. The van der Waals surface area contributed by atoms with Gasteiger partial charge in [0.2, 0.25) is 0 Å². The van der Waals surface area contributed by atoms with Crippen LogP contribution in [0.15, 0.2) is 24.3 Å². The molecule has 0 atom stereocenters. The Hall–Kier alpha value is -1.13.